The lowest BCUT2D eigenvalue weighted by molar-refractivity contribution is -0.114. The number of carbonyl (C=O) groups is 1. The molecule has 2 aliphatic rings. The maximum Gasteiger partial charge on any atom is 0.257 e. The van der Waals surface area contributed by atoms with Crippen LogP contribution in [0.3, 0.4) is 0 Å². The molecule has 9 nitrogen and oxygen atoms in total. The molecule has 1 amide bonds. The maximum atomic E-state index is 12.0. The first-order valence-corrected chi connectivity index (χ1v) is 12.5. The number of aliphatic hydroxyl groups excluding tert-OH is 1. The molecule has 2 aliphatic heterocycles. The van der Waals surface area contributed by atoms with Crippen LogP contribution in [0.25, 0.3) is 4.91 Å². The summed E-state index contributed by atoms with van der Waals surface area (Å²) >= 11 is 0. The first-order chi connectivity index (χ1) is 17.5. The van der Waals surface area contributed by atoms with Crippen LogP contribution >= 0.6 is 0 Å². The fourth-order valence-corrected chi connectivity index (χ4v) is 4.66. The van der Waals surface area contributed by atoms with Gasteiger partial charge in [-0.25, -0.2) is 9.19 Å². The van der Waals surface area contributed by atoms with Gasteiger partial charge in [0.1, 0.15) is 18.1 Å². The van der Waals surface area contributed by atoms with Crippen LogP contribution < -0.4 is 23.7 Å². The highest BCUT2D eigenvalue weighted by Crippen LogP contribution is 2.43. The number of amides is 1. The molecule has 0 aliphatic carbocycles. The summed E-state index contributed by atoms with van der Waals surface area (Å²) in [6, 6.07) is 16.1. The van der Waals surface area contributed by atoms with Crippen LogP contribution in [-0.4, -0.2) is 39.5 Å². The van der Waals surface area contributed by atoms with E-state index in [0.29, 0.717) is 59.0 Å². The van der Waals surface area contributed by atoms with Crippen molar-refractivity contribution >= 4 is 21.8 Å². The van der Waals surface area contributed by atoms with Crippen LogP contribution in [0, 0.1) is 0 Å². The van der Waals surface area contributed by atoms with Gasteiger partial charge >= 0.3 is 0 Å². The van der Waals surface area contributed by atoms with E-state index in [2.05, 4.69) is 9.71 Å². The average Bonchev–Trinajstić information content (AvgIpc) is 3.43. The Morgan fingerprint density at radius 3 is 2.67 bits per heavy atom. The quantitative estimate of drug-likeness (QED) is 0.450. The zero-order valence-electron chi connectivity index (χ0n) is 19.4. The standard InChI is InChI=1S/C26H24N2O7S/c1-16(29)11-12-32-25-10-9-19(14-27-25)35-21-4-2-3-20-22(15-33-26(20)21)34-18-7-5-17(6-8-18)23-13-24(30)28-36(23)31/h2-10,13-14,16,22,29H,11-12,15H2,1H3,(H,28,30)/t16-,22+,36?/m0/s1. The van der Waals surface area contributed by atoms with Crippen LogP contribution in [0.4, 0.5) is 0 Å². The van der Waals surface area contributed by atoms with Gasteiger partial charge in [0.25, 0.3) is 5.91 Å². The summed E-state index contributed by atoms with van der Waals surface area (Å²) in [6.07, 6.45) is 2.67. The van der Waals surface area contributed by atoms with Gasteiger partial charge in [-0.1, -0.05) is 24.3 Å². The molecule has 0 spiro atoms. The predicted molar refractivity (Wildman–Crippen MR) is 132 cm³/mol. The maximum absolute atomic E-state index is 12.0. The van der Waals surface area contributed by atoms with E-state index in [1.165, 1.54) is 6.08 Å². The zero-order valence-corrected chi connectivity index (χ0v) is 20.2. The molecule has 1 unspecified atom stereocenters. The minimum atomic E-state index is -1.54. The molecule has 186 valence electrons. The molecule has 0 saturated carbocycles. The molecule has 0 radical (unpaired) electrons. The van der Waals surface area contributed by atoms with Gasteiger partial charge < -0.3 is 24.1 Å². The molecular formula is C26H24N2O7S. The predicted octanol–water partition coefficient (Wildman–Crippen LogP) is 3.67. The summed E-state index contributed by atoms with van der Waals surface area (Å²) < 4.78 is 37.9. The molecule has 3 atom stereocenters. The number of aliphatic hydroxyl groups is 1. The third-order valence-corrected chi connectivity index (χ3v) is 6.67. The number of benzene rings is 2. The Hall–Kier alpha value is -3.89. The molecular weight excluding hydrogens is 484 g/mol. The minimum absolute atomic E-state index is 0.319. The number of nitrogens with one attached hydrogen (secondary N) is 1. The third kappa shape index (κ3) is 5.34. The molecule has 1 aromatic heterocycles. The summed E-state index contributed by atoms with van der Waals surface area (Å²) in [5.74, 6) is 2.38. The van der Waals surface area contributed by atoms with Crippen LogP contribution in [0.2, 0.25) is 0 Å². The molecule has 36 heavy (non-hydrogen) atoms. The number of nitrogens with zero attached hydrogens (tertiary/aromatic N) is 1. The summed E-state index contributed by atoms with van der Waals surface area (Å²) in [6.45, 7) is 2.41. The lowest BCUT2D eigenvalue weighted by Crippen LogP contribution is -2.16. The highest BCUT2D eigenvalue weighted by molar-refractivity contribution is 7.93. The van der Waals surface area contributed by atoms with E-state index in [9.17, 15) is 14.1 Å². The van der Waals surface area contributed by atoms with Gasteiger partial charge in [-0.05, 0) is 36.8 Å². The van der Waals surface area contributed by atoms with E-state index in [-0.39, 0.29) is 12.0 Å². The number of aromatic nitrogens is 1. The number of ether oxygens (including phenoxy) is 4. The van der Waals surface area contributed by atoms with Gasteiger partial charge in [-0.2, -0.15) is 0 Å². The molecule has 0 fully saturated rings. The first-order valence-electron chi connectivity index (χ1n) is 11.4. The normalized spacial score (nSPS) is 19.1. The van der Waals surface area contributed by atoms with Gasteiger partial charge in [-0.15, -0.1) is 0 Å². The number of carbonyl (C=O) groups excluding carboxylic acids is 1. The average molecular weight is 509 g/mol. The van der Waals surface area contributed by atoms with E-state index in [1.54, 1.807) is 49.5 Å². The fourth-order valence-electron chi connectivity index (χ4n) is 3.74. The molecule has 3 heterocycles. The first kappa shape index (κ1) is 23.8. The molecule has 0 bridgehead atoms. The topological polar surface area (TPSA) is 116 Å². The van der Waals surface area contributed by atoms with E-state index in [1.807, 2.05) is 18.2 Å². The second kappa shape index (κ2) is 10.4. The highest BCUT2D eigenvalue weighted by atomic mass is 32.2. The van der Waals surface area contributed by atoms with E-state index >= 15 is 0 Å². The van der Waals surface area contributed by atoms with Crippen molar-refractivity contribution in [1.82, 2.24) is 9.71 Å². The van der Waals surface area contributed by atoms with Crippen molar-refractivity contribution in [2.45, 2.75) is 25.6 Å². The van der Waals surface area contributed by atoms with Crippen LogP contribution in [-0.2, 0) is 15.8 Å². The Morgan fingerprint density at radius 1 is 1.17 bits per heavy atom. The Labute approximate surface area is 210 Å². The van der Waals surface area contributed by atoms with Crippen molar-refractivity contribution in [2.24, 2.45) is 0 Å². The summed E-state index contributed by atoms with van der Waals surface area (Å²) in [5, 5.41) is 9.32. The smallest absolute Gasteiger partial charge is 0.257 e. The summed E-state index contributed by atoms with van der Waals surface area (Å²) in [7, 11) is -1.54. The second-order valence-electron chi connectivity index (χ2n) is 8.28. The zero-order chi connectivity index (χ0) is 25.1. The summed E-state index contributed by atoms with van der Waals surface area (Å²) in [4.78, 5) is 16.1. The van der Waals surface area contributed by atoms with Crippen molar-refractivity contribution in [1.29, 1.82) is 0 Å². The second-order valence-corrected chi connectivity index (χ2v) is 9.46. The molecule has 0 saturated heterocycles. The van der Waals surface area contributed by atoms with Crippen molar-refractivity contribution in [2.75, 3.05) is 13.2 Å². The Bertz CT molecular complexity index is 1310. The summed E-state index contributed by atoms with van der Waals surface area (Å²) in [5.41, 5.74) is 1.54. The lowest BCUT2D eigenvalue weighted by atomic mass is 10.1. The Kier molecular flexibility index (Phi) is 6.88. The third-order valence-electron chi connectivity index (χ3n) is 5.53. The van der Waals surface area contributed by atoms with Gasteiger partial charge in [-0.3, -0.25) is 9.52 Å². The Morgan fingerprint density at radius 2 is 1.97 bits per heavy atom. The lowest BCUT2D eigenvalue weighted by Gasteiger charge is -2.14. The fraction of sp³-hybridized carbons (Fsp3) is 0.231. The van der Waals surface area contributed by atoms with E-state index in [0.717, 1.165) is 5.56 Å². The number of rotatable bonds is 9. The van der Waals surface area contributed by atoms with E-state index < -0.39 is 17.1 Å². The highest BCUT2D eigenvalue weighted by Gasteiger charge is 2.29. The van der Waals surface area contributed by atoms with Crippen molar-refractivity contribution < 1.29 is 33.1 Å². The molecule has 2 N–H and O–H groups in total. The Balaban J connectivity index is 1.24. The number of para-hydroxylation sites is 1. The molecule has 2 aromatic carbocycles. The number of fused-ring (bicyclic) bond motifs is 1. The van der Waals surface area contributed by atoms with Gasteiger partial charge in [0.15, 0.2) is 28.6 Å². The number of hydrogen-bond acceptors (Lipinski definition) is 8. The van der Waals surface area contributed by atoms with Crippen LogP contribution in [0.5, 0.6) is 28.9 Å². The molecule has 5 rings (SSSR count). The molecule has 10 heteroatoms. The van der Waals surface area contributed by atoms with Crippen molar-refractivity contribution in [3.05, 3.63) is 78.0 Å². The molecule has 3 aromatic rings. The number of pyridine rings is 1. The largest absolute Gasteiger partial charge is 0.485 e. The van der Waals surface area contributed by atoms with Crippen molar-refractivity contribution in [3.63, 3.8) is 0 Å². The SMILES string of the molecule is C[C@H](O)CCOc1ccc(Oc2cccc3c2OC[C@H]3Oc2ccc(C3=CC(=O)NS3=O)cc2)cn1. The monoisotopic (exact) mass is 508 g/mol. The van der Waals surface area contributed by atoms with Gasteiger partial charge in [0, 0.05) is 24.1 Å². The van der Waals surface area contributed by atoms with Gasteiger partial charge in [0.2, 0.25) is 5.88 Å². The van der Waals surface area contributed by atoms with Crippen LogP contribution in [0.15, 0.2) is 66.9 Å². The van der Waals surface area contributed by atoms with E-state index in [4.69, 9.17) is 18.9 Å². The van der Waals surface area contributed by atoms with Crippen LogP contribution in [0.1, 0.15) is 30.6 Å². The van der Waals surface area contributed by atoms with Gasteiger partial charge in [0.05, 0.1) is 23.8 Å². The minimum Gasteiger partial charge on any atom is -0.485 e. The van der Waals surface area contributed by atoms with Crippen molar-refractivity contribution in [3.8, 4) is 28.9 Å². The number of hydrogen-bond donors (Lipinski definition) is 2.